The molecule has 164 valence electrons. The Kier molecular flexibility index (Phi) is 9.86. The molecule has 1 heterocycles. The van der Waals surface area contributed by atoms with Crippen molar-refractivity contribution in [3.63, 3.8) is 0 Å². The van der Waals surface area contributed by atoms with Gasteiger partial charge in [-0.05, 0) is 44.0 Å². The highest BCUT2D eigenvalue weighted by Gasteiger charge is 2.26. The van der Waals surface area contributed by atoms with E-state index in [2.05, 4.69) is 27.6 Å². The van der Waals surface area contributed by atoms with Crippen molar-refractivity contribution in [1.29, 1.82) is 0 Å². The maximum Gasteiger partial charge on any atom is 0.243 e. The first-order chi connectivity index (χ1) is 14.0. The molecule has 0 aliphatic carbocycles. The molecule has 0 bridgehead atoms. The second-order valence-corrected chi connectivity index (χ2v) is 9.20. The Hall–Kier alpha value is -1.68. The summed E-state index contributed by atoms with van der Waals surface area (Å²) in [6, 6.07) is 7.09. The number of rotatable bonds is 11. The van der Waals surface area contributed by atoms with Crippen molar-refractivity contribution in [2.45, 2.75) is 30.7 Å². The van der Waals surface area contributed by atoms with Crippen molar-refractivity contribution < 1.29 is 13.2 Å². The van der Waals surface area contributed by atoms with Gasteiger partial charge in [-0.1, -0.05) is 12.1 Å². The maximum atomic E-state index is 12.6. The molecule has 2 N–H and O–H groups in total. The molecule has 2 rings (SSSR count). The molecule has 1 aromatic carbocycles. The molecule has 1 aromatic rings. The van der Waals surface area contributed by atoms with Gasteiger partial charge in [-0.25, -0.2) is 8.42 Å². The van der Waals surface area contributed by atoms with Gasteiger partial charge in [-0.15, -0.1) is 0 Å². The number of benzene rings is 1. The summed E-state index contributed by atoms with van der Waals surface area (Å²) in [6.07, 6.45) is 2.90. The lowest BCUT2D eigenvalue weighted by atomic mass is 10.2. The molecule has 0 aromatic heterocycles. The Morgan fingerprint density at radius 2 is 1.86 bits per heavy atom. The molecule has 0 atom stereocenters. The van der Waals surface area contributed by atoms with Gasteiger partial charge in [0.1, 0.15) is 0 Å². The summed E-state index contributed by atoms with van der Waals surface area (Å²) in [7, 11) is 2.19. The van der Waals surface area contributed by atoms with Crippen LogP contribution in [-0.2, 0) is 21.3 Å². The Morgan fingerprint density at radius 1 is 1.17 bits per heavy atom. The quantitative estimate of drug-likeness (QED) is 0.314. The molecular weight excluding hydrogens is 390 g/mol. The number of aliphatic imine (C=N–C) groups is 1. The van der Waals surface area contributed by atoms with E-state index in [4.69, 9.17) is 4.74 Å². The fraction of sp³-hybridized carbons (Fsp3) is 0.650. The number of ether oxygens (including phenoxy) is 1. The maximum absolute atomic E-state index is 12.6. The van der Waals surface area contributed by atoms with E-state index in [9.17, 15) is 8.42 Å². The summed E-state index contributed by atoms with van der Waals surface area (Å²) in [5.41, 5.74) is 1.00. The standard InChI is InChI=1S/C20H35N5O3S/c1-21-20(22-11-15-24(2)12-6-16-28-3)23-17-18-7-9-19(10-8-18)29(26,27)25-13-4-5-14-25/h7-10H,4-6,11-17H2,1-3H3,(H2,21,22,23). The summed E-state index contributed by atoms with van der Waals surface area (Å²) in [5, 5.41) is 6.56. The van der Waals surface area contributed by atoms with Gasteiger partial charge in [0, 0.05) is 60.0 Å². The molecule has 0 unspecified atom stereocenters. The Bertz CT molecular complexity index is 731. The average Bonchev–Trinajstić information content (AvgIpc) is 3.27. The van der Waals surface area contributed by atoms with Crippen LogP contribution in [0, 0.1) is 0 Å². The van der Waals surface area contributed by atoms with E-state index >= 15 is 0 Å². The second-order valence-electron chi connectivity index (χ2n) is 7.26. The van der Waals surface area contributed by atoms with E-state index in [1.165, 1.54) is 0 Å². The molecule has 0 radical (unpaired) electrons. The summed E-state index contributed by atoms with van der Waals surface area (Å²) < 4.78 is 31.8. The van der Waals surface area contributed by atoms with Crippen LogP contribution in [0.25, 0.3) is 0 Å². The number of likely N-dealkylation sites (N-methyl/N-ethyl adjacent to an activating group) is 1. The van der Waals surface area contributed by atoms with Crippen molar-refractivity contribution in [2.75, 3.05) is 60.5 Å². The van der Waals surface area contributed by atoms with Gasteiger partial charge in [0.05, 0.1) is 4.90 Å². The zero-order valence-electron chi connectivity index (χ0n) is 17.9. The zero-order valence-corrected chi connectivity index (χ0v) is 18.7. The third kappa shape index (κ3) is 7.58. The number of sulfonamides is 1. The van der Waals surface area contributed by atoms with Crippen LogP contribution < -0.4 is 10.6 Å². The van der Waals surface area contributed by atoms with E-state index in [1.807, 2.05) is 12.1 Å². The lowest BCUT2D eigenvalue weighted by Gasteiger charge is -2.18. The van der Waals surface area contributed by atoms with Gasteiger partial charge < -0.3 is 20.3 Å². The molecule has 29 heavy (non-hydrogen) atoms. The highest BCUT2D eigenvalue weighted by Crippen LogP contribution is 2.21. The summed E-state index contributed by atoms with van der Waals surface area (Å²) >= 11 is 0. The molecule has 8 nitrogen and oxygen atoms in total. The minimum absolute atomic E-state index is 0.363. The van der Waals surface area contributed by atoms with Gasteiger partial charge in [-0.3, -0.25) is 4.99 Å². The van der Waals surface area contributed by atoms with Crippen LogP contribution in [-0.4, -0.2) is 84.1 Å². The van der Waals surface area contributed by atoms with Crippen molar-refractivity contribution in [3.05, 3.63) is 29.8 Å². The zero-order chi connectivity index (χ0) is 21.1. The van der Waals surface area contributed by atoms with Crippen molar-refractivity contribution in [3.8, 4) is 0 Å². The van der Waals surface area contributed by atoms with Crippen LogP contribution in [0.15, 0.2) is 34.2 Å². The smallest absolute Gasteiger partial charge is 0.243 e. The van der Waals surface area contributed by atoms with Gasteiger partial charge in [0.15, 0.2) is 5.96 Å². The number of methoxy groups -OCH3 is 1. The highest BCUT2D eigenvalue weighted by atomic mass is 32.2. The van der Waals surface area contributed by atoms with Crippen LogP contribution in [0.5, 0.6) is 0 Å². The monoisotopic (exact) mass is 425 g/mol. The van der Waals surface area contributed by atoms with Crippen LogP contribution in [0.4, 0.5) is 0 Å². The molecular formula is C20H35N5O3S. The molecule has 1 aliphatic rings. The predicted molar refractivity (Wildman–Crippen MR) is 117 cm³/mol. The van der Waals surface area contributed by atoms with Crippen LogP contribution in [0.1, 0.15) is 24.8 Å². The Balaban J connectivity index is 1.76. The van der Waals surface area contributed by atoms with Gasteiger partial charge in [0.2, 0.25) is 10.0 Å². The number of nitrogens with zero attached hydrogens (tertiary/aromatic N) is 3. The lowest BCUT2D eigenvalue weighted by molar-refractivity contribution is 0.180. The van der Waals surface area contributed by atoms with Gasteiger partial charge in [-0.2, -0.15) is 4.31 Å². The third-order valence-corrected chi connectivity index (χ3v) is 6.90. The van der Waals surface area contributed by atoms with Crippen molar-refractivity contribution in [2.24, 2.45) is 4.99 Å². The fourth-order valence-electron chi connectivity index (χ4n) is 3.22. The molecule has 0 spiro atoms. The fourth-order valence-corrected chi connectivity index (χ4v) is 4.74. The first-order valence-electron chi connectivity index (χ1n) is 10.2. The van der Waals surface area contributed by atoms with E-state index in [-0.39, 0.29) is 0 Å². The topological polar surface area (TPSA) is 86.3 Å². The number of hydrogen-bond acceptors (Lipinski definition) is 5. The SMILES string of the molecule is CN=C(NCCN(C)CCCOC)NCc1ccc(S(=O)(=O)N2CCCC2)cc1. The molecule has 9 heteroatoms. The Labute approximate surface area is 175 Å². The minimum atomic E-state index is -3.36. The Morgan fingerprint density at radius 3 is 2.48 bits per heavy atom. The number of guanidine groups is 1. The molecule has 1 saturated heterocycles. The molecule has 0 saturated carbocycles. The summed E-state index contributed by atoms with van der Waals surface area (Å²) in [6.45, 7) is 5.29. The number of hydrogen-bond donors (Lipinski definition) is 2. The van der Waals surface area contributed by atoms with Crippen LogP contribution in [0.3, 0.4) is 0 Å². The van der Waals surface area contributed by atoms with Gasteiger partial charge in [0.25, 0.3) is 0 Å². The van der Waals surface area contributed by atoms with E-state index in [1.54, 1.807) is 30.6 Å². The molecule has 1 aliphatic heterocycles. The first kappa shape index (κ1) is 23.6. The van der Waals surface area contributed by atoms with E-state index < -0.39 is 10.0 Å². The average molecular weight is 426 g/mol. The van der Waals surface area contributed by atoms with E-state index in [0.717, 1.165) is 57.0 Å². The highest BCUT2D eigenvalue weighted by molar-refractivity contribution is 7.89. The predicted octanol–water partition coefficient (Wildman–Crippen LogP) is 1.10. The first-order valence-corrected chi connectivity index (χ1v) is 11.6. The number of nitrogens with one attached hydrogen (secondary N) is 2. The summed E-state index contributed by atoms with van der Waals surface area (Å²) in [4.78, 5) is 6.85. The van der Waals surface area contributed by atoms with E-state index in [0.29, 0.717) is 24.5 Å². The van der Waals surface area contributed by atoms with Crippen molar-refractivity contribution in [1.82, 2.24) is 19.8 Å². The van der Waals surface area contributed by atoms with Gasteiger partial charge >= 0.3 is 0 Å². The lowest BCUT2D eigenvalue weighted by Crippen LogP contribution is -2.40. The largest absolute Gasteiger partial charge is 0.385 e. The second kappa shape index (κ2) is 12.1. The molecule has 0 amide bonds. The normalized spacial score (nSPS) is 15.8. The molecule has 1 fully saturated rings. The third-order valence-electron chi connectivity index (χ3n) is 4.98. The van der Waals surface area contributed by atoms with Crippen molar-refractivity contribution >= 4 is 16.0 Å². The van der Waals surface area contributed by atoms with Crippen LogP contribution >= 0.6 is 0 Å². The minimum Gasteiger partial charge on any atom is -0.385 e. The summed E-state index contributed by atoms with van der Waals surface area (Å²) in [5.74, 6) is 0.726. The van der Waals surface area contributed by atoms with Crippen LogP contribution in [0.2, 0.25) is 0 Å².